The Labute approximate surface area is 84.2 Å². The van der Waals surface area contributed by atoms with Gasteiger partial charge in [0.05, 0.1) is 0 Å². The number of carbonyl (C=O) groups excluding carboxylic acids is 1. The van der Waals surface area contributed by atoms with Gasteiger partial charge in [0.15, 0.2) is 0 Å². The van der Waals surface area contributed by atoms with E-state index in [0.717, 1.165) is 18.2 Å². The number of carbonyl (C=O) groups is 1. The second-order valence-electron chi connectivity index (χ2n) is 2.82. The van der Waals surface area contributed by atoms with Crippen LogP contribution >= 0.6 is 0 Å². The summed E-state index contributed by atoms with van der Waals surface area (Å²) in [5.74, 6) is -2.28. The quantitative estimate of drug-likeness (QED) is 0.326. The summed E-state index contributed by atoms with van der Waals surface area (Å²) in [7, 11) is 0. The molecule has 4 nitrogen and oxygen atoms in total. The number of rotatable bonds is 4. The highest BCUT2D eigenvalue weighted by Crippen LogP contribution is 2.19. The van der Waals surface area contributed by atoms with Crippen LogP contribution in [0.2, 0.25) is 0 Å². The summed E-state index contributed by atoms with van der Waals surface area (Å²) in [6.45, 7) is -0.222. The van der Waals surface area contributed by atoms with E-state index in [2.05, 4.69) is 10.0 Å². The average molecular weight is 211 g/mol. The third-order valence-corrected chi connectivity index (χ3v) is 1.86. The number of benzene rings is 1. The molecule has 0 bridgehead atoms. The van der Waals surface area contributed by atoms with E-state index in [0.29, 0.717) is 6.29 Å². The van der Waals surface area contributed by atoms with Gasteiger partial charge in [-0.15, -0.1) is 0 Å². The van der Waals surface area contributed by atoms with Gasteiger partial charge >= 0.3 is 0 Å². The van der Waals surface area contributed by atoms with Crippen LogP contribution in [0.4, 0.5) is 8.78 Å². The topological polar surface area (TPSA) is 65.8 Å². The van der Waals surface area contributed by atoms with Crippen LogP contribution in [-0.4, -0.2) is 12.8 Å². The van der Waals surface area contributed by atoms with Gasteiger partial charge in [0.25, 0.3) is 0 Å². The highest BCUT2D eigenvalue weighted by Gasteiger charge is 2.14. The van der Waals surface area contributed by atoms with Crippen molar-refractivity contribution in [3.05, 3.63) is 45.8 Å². The van der Waals surface area contributed by atoms with Crippen LogP contribution in [0.25, 0.3) is 10.4 Å². The SMILES string of the molecule is [N-]=[N+]=NCC(C=O)c1cc(F)ccc1F. The van der Waals surface area contributed by atoms with Gasteiger partial charge in [-0.25, -0.2) is 8.78 Å². The number of halogens is 2. The molecule has 0 fully saturated rings. The molecular formula is C9H7F2N3O. The van der Waals surface area contributed by atoms with Gasteiger partial charge in [0, 0.05) is 22.9 Å². The van der Waals surface area contributed by atoms with Gasteiger partial charge in [-0.2, -0.15) is 0 Å². The lowest BCUT2D eigenvalue weighted by atomic mass is 10.0. The van der Waals surface area contributed by atoms with E-state index in [-0.39, 0.29) is 12.1 Å². The number of nitrogens with zero attached hydrogens (tertiary/aromatic N) is 3. The van der Waals surface area contributed by atoms with Crippen molar-refractivity contribution in [3.63, 3.8) is 0 Å². The summed E-state index contributed by atoms with van der Waals surface area (Å²) in [5.41, 5.74) is 7.96. The van der Waals surface area contributed by atoms with Crippen molar-refractivity contribution in [1.82, 2.24) is 0 Å². The molecule has 1 aromatic rings. The molecule has 1 unspecified atom stereocenters. The van der Waals surface area contributed by atoms with Crippen molar-refractivity contribution in [3.8, 4) is 0 Å². The van der Waals surface area contributed by atoms with Crippen molar-refractivity contribution in [2.75, 3.05) is 6.54 Å². The van der Waals surface area contributed by atoms with Crippen LogP contribution in [0.3, 0.4) is 0 Å². The maximum Gasteiger partial charge on any atom is 0.127 e. The fourth-order valence-corrected chi connectivity index (χ4v) is 1.14. The van der Waals surface area contributed by atoms with Crippen LogP contribution < -0.4 is 0 Å². The maximum atomic E-state index is 13.2. The lowest BCUT2D eigenvalue weighted by Crippen LogP contribution is -2.06. The van der Waals surface area contributed by atoms with E-state index in [4.69, 9.17) is 5.53 Å². The Kier molecular flexibility index (Phi) is 3.76. The van der Waals surface area contributed by atoms with Gasteiger partial charge in [-0.05, 0) is 23.7 Å². The molecule has 15 heavy (non-hydrogen) atoms. The number of hydrogen-bond acceptors (Lipinski definition) is 2. The molecule has 0 radical (unpaired) electrons. The zero-order chi connectivity index (χ0) is 11.3. The van der Waals surface area contributed by atoms with Gasteiger partial charge in [-0.1, -0.05) is 5.11 Å². The van der Waals surface area contributed by atoms with Crippen LogP contribution in [0.15, 0.2) is 23.3 Å². The van der Waals surface area contributed by atoms with Crippen molar-refractivity contribution in [1.29, 1.82) is 0 Å². The molecule has 0 aliphatic rings. The molecule has 78 valence electrons. The summed E-state index contributed by atoms with van der Waals surface area (Å²) in [6, 6.07) is 2.80. The van der Waals surface area contributed by atoms with E-state index in [1.807, 2.05) is 0 Å². The molecule has 0 aromatic heterocycles. The Morgan fingerprint density at radius 3 is 2.87 bits per heavy atom. The zero-order valence-electron chi connectivity index (χ0n) is 7.60. The fraction of sp³-hybridized carbons (Fsp3) is 0.222. The lowest BCUT2D eigenvalue weighted by molar-refractivity contribution is -0.108. The second kappa shape index (κ2) is 5.07. The molecule has 0 spiro atoms. The normalized spacial score (nSPS) is 11.6. The van der Waals surface area contributed by atoms with Crippen molar-refractivity contribution < 1.29 is 13.6 Å². The molecule has 0 amide bonds. The Morgan fingerprint density at radius 2 is 2.27 bits per heavy atom. The Balaban J connectivity index is 3.04. The van der Waals surface area contributed by atoms with E-state index in [1.54, 1.807) is 0 Å². The minimum absolute atomic E-state index is 0.0996. The number of azide groups is 1. The Hall–Kier alpha value is -1.94. The van der Waals surface area contributed by atoms with Crippen LogP contribution in [0.5, 0.6) is 0 Å². The van der Waals surface area contributed by atoms with Gasteiger partial charge in [-0.3, -0.25) is 0 Å². The molecule has 1 atom stereocenters. The minimum atomic E-state index is -0.948. The largest absolute Gasteiger partial charge is 0.303 e. The lowest BCUT2D eigenvalue weighted by Gasteiger charge is -2.08. The van der Waals surface area contributed by atoms with Crippen molar-refractivity contribution >= 4 is 6.29 Å². The first-order chi connectivity index (χ1) is 7.19. The predicted octanol–water partition coefficient (Wildman–Crippen LogP) is 2.56. The van der Waals surface area contributed by atoms with Gasteiger partial charge in [0.1, 0.15) is 17.9 Å². The molecule has 6 heteroatoms. The third kappa shape index (κ3) is 2.75. The Morgan fingerprint density at radius 1 is 1.53 bits per heavy atom. The molecular weight excluding hydrogens is 204 g/mol. The first-order valence-electron chi connectivity index (χ1n) is 4.10. The van der Waals surface area contributed by atoms with Gasteiger partial charge in [0.2, 0.25) is 0 Å². The molecule has 1 aromatic carbocycles. The highest BCUT2D eigenvalue weighted by molar-refractivity contribution is 5.62. The molecule has 0 aliphatic heterocycles. The van der Waals surface area contributed by atoms with E-state index in [1.165, 1.54) is 0 Å². The second-order valence-corrected chi connectivity index (χ2v) is 2.82. The molecule has 0 heterocycles. The molecule has 0 saturated heterocycles. The predicted molar refractivity (Wildman–Crippen MR) is 49.2 cm³/mol. The summed E-state index contributed by atoms with van der Waals surface area (Å²) in [4.78, 5) is 13.1. The first-order valence-corrected chi connectivity index (χ1v) is 4.10. The van der Waals surface area contributed by atoms with Crippen LogP contribution in [0, 0.1) is 11.6 Å². The third-order valence-electron chi connectivity index (χ3n) is 1.86. The maximum absolute atomic E-state index is 13.2. The molecule has 0 aliphatic carbocycles. The number of hydrogen-bond donors (Lipinski definition) is 0. The fourth-order valence-electron chi connectivity index (χ4n) is 1.14. The van der Waals surface area contributed by atoms with Crippen LogP contribution in [-0.2, 0) is 4.79 Å². The molecule has 0 N–H and O–H groups in total. The smallest absolute Gasteiger partial charge is 0.127 e. The summed E-state index contributed by atoms with van der Waals surface area (Å²) in [6.07, 6.45) is 0.423. The van der Waals surface area contributed by atoms with Gasteiger partial charge < -0.3 is 4.79 Å². The summed E-state index contributed by atoms with van der Waals surface area (Å²) < 4.78 is 26.0. The first kappa shape index (κ1) is 11.1. The zero-order valence-corrected chi connectivity index (χ0v) is 7.60. The van der Waals surface area contributed by atoms with E-state index >= 15 is 0 Å². The molecule has 0 saturated carbocycles. The standard InChI is InChI=1S/C9H7F2N3O/c10-7-1-2-9(11)8(3-7)6(5-15)4-13-14-12/h1-3,5-6H,4H2. The van der Waals surface area contributed by atoms with Crippen LogP contribution in [0.1, 0.15) is 11.5 Å². The highest BCUT2D eigenvalue weighted by atomic mass is 19.1. The average Bonchev–Trinajstić information content (AvgIpc) is 2.24. The van der Waals surface area contributed by atoms with Crippen molar-refractivity contribution in [2.45, 2.75) is 5.92 Å². The van der Waals surface area contributed by atoms with E-state index in [9.17, 15) is 13.6 Å². The molecule has 1 rings (SSSR count). The van der Waals surface area contributed by atoms with Crippen molar-refractivity contribution in [2.24, 2.45) is 5.11 Å². The minimum Gasteiger partial charge on any atom is -0.303 e. The number of aldehydes is 1. The Bertz CT molecular complexity index is 416. The monoisotopic (exact) mass is 211 g/mol. The van der Waals surface area contributed by atoms with E-state index < -0.39 is 17.6 Å². The summed E-state index contributed by atoms with van der Waals surface area (Å²) in [5, 5.41) is 3.15. The summed E-state index contributed by atoms with van der Waals surface area (Å²) >= 11 is 0.